The molecule has 32 heavy (non-hydrogen) atoms. The summed E-state index contributed by atoms with van der Waals surface area (Å²) < 4.78 is 25.2. The van der Waals surface area contributed by atoms with Gasteiger partial charge in [0.2, 0.25) is 0 Å². The number of unbranched alkanes of at least 4 members (excludes halogenated alkanes) is 8. The van der Waals surface area contributed by atoms with Crippen LogP contribution in [0, 0.1) is 11.7 Å². The monoisotopic (exact) mass is 452 g/mol. The standard InChI is InChI=1S/C28H49FO3/c1-6-7-8-9-10-14-19-26(28(30,31-23(2)3)32-24(4)5)20-15-12-11-13-17-25-18-16-21-27(29)22-25/h16,18,21-24,26,30H,6-15,17,19-20H2,1-5H3. The first kappa shape index (κ1) is 29.1. The first-order valence-corrected chi connectivity index (χ1v) is 13.1. The molecule has 186 valence electrons. The Morgan fingerprint density at radius 3 is 1.88 bits per heavy atom. The van der Waals surface area contributed by atoms with Crippen LogP contribution in [0.5, 0.6) is 0 Å². The third-order valence-electron chi connectivity index (χ3n) is 5.89. The first-order chi connectivity index (χ1) is 15.3. The summed E-state index contributed by atoms with van der Waals surface area (Å²) in [6.07, 6.45) is 14.2. The summed E-state index contributed by atoms with van der Waals surface area (Å²) in [7, 11) is 0. The summed E-state index contributed by atoms with van der Waals surface area (Å²) >= 11 is 0. The maximum Gasteiger partial charge on any atom is 0.283 e. The quantitative estimate of drug-likeness (QED) is 0.170. The van der Waals surface area contributed by atoms with Gasteiger partial charge in [0.25, 0.3) is 5.97 Å². The van der Waals surface area contributed by atoms with Gasteiger partial charge in [0.1, 0.15) is 5.82 Å². The van der Waals surface area contributed by atoms with Crippen molar-refractivity contribution in [2.24, 2.45) is 5.92 Å². The smallest absolute Gasteiger partial charge is 0.283 e. The number of aryl methyl sites for hydroxylation is 1. The molecule has 0 fully saturated rings. The largest absolute Gasteiger partial charge is 0.343 e. The lowest BCUT2D eigenvalue weighted by atomic mass is 9.91. The fourth-order valence-corrected chi connectivity index (χ4v) is 4.34. The van der Waals surface area contributed by atoms with E-state index >= 15 is 0 Å². The average molecular weight is 453 g/mol. The normalized spacial score (nSPS) is 13.3. The fraction of sp³-hybridized carbons (Fsp3) is 0.786. The van der Waals surface area contributed by atoms with Crippen molar-refractivity contribution in [3.05, 3.63) is 35.6 Å². The fourth-order valence-electron chi connectivity index (χ4n) is 4.34. The molecule has 3 nitrogen and oxygen atoms in total. The molecule has 0 amide bonds. The summed E-state index contributed by atoms with van der Waals surface area (Å²) in [6.45, 7) is 10.0. The van der Waals surface area contributed by atoms with E-state index in [2.05, 4.69) is 6.92 Å². The summed E-state index contributed by atoms with van der Waals surface area (Å²) in [4.78, 5) is 0. The molecule has 4 heteroatoms. The van der Waals surface area contributed by atoms with Gasteiger partial charge >= 0.3 is 0 Å². The van der Waals surface area contributed by atoms with Gasteiger partial charge in [-0.1, -0.05) is 76.8 Å². The topological polar surface area (TPSA) is 38.7 Å². The summed E-state index contributed by atoms with van der Waals surface area (Å²) in [5.41, 5.74) is 1.07. The Morgan fingerprint density at radius 2 is 1.34 bits per heavy atom. The highest BCUT2D eigenvalue weighted by Gasteiger charge is 2.40. The van der Waals surface area contributed by atoms with Crippen LogP contribution in [0.1, 0.15) is 117 Å². The van der Waals surface area contributed by atoms with E-state index in [9.17, 15) is 9.50 Å². The number of halogens is 1. The van der Waals surface area contributed by atoms with Crippen LogP contribution in [0.15, 0.2) is 24.3 Å². The van der Waals surface area contributed by atoms with E-state index in [-0.39, 0.29) is 23.9 Å². The molecule has 1 rings (SSSR count). The zero-order chi connectivity index (χ0) is 23.8. The van der Waals surface area contributed by atoms with Crippen molar-refractivity contribution in [1.82, 2.24) is 0 Å². The highest BCUT2D eigenvalue weighted by atomic mass is 19.1. The van der Waals surface area contributed by atoms with Crippen LogP contribution in [0.4, 0.5) is 4.39 Å². The summed E-state index contributed by atoms with van der Waals surface area (Å²) in [6, 6.07) is 6.89. The number of hydrogen-bond donors (Lipinski definition) is 1. The van der Waals surface area contributed by atoms with Crippen LogP contribution in [0.3, 0.4) is 0 Å². The van der Waals surface area contributed by atoms with Gasteiger partial charge in [-0.25, -0.2) is 4.39 Å². The van der Waals surface area contributed by atoms with Gasteiger partial charge in [0, 0.05) is 5.92 Å². The van der Waals surface area contributed by atoms with Gasteiger partial charge in [-0.3, -0.25) is 0 Å². The Morgan fingerprint density at radius 1 is 0.812 bits per heavy atom. The van der Waals surface area contributed by atoms with Crippen LogP contribution in [-0.2, 0) is 15.9 Å². The van der Waals surface area contributed by atoms with Crippen molar-refractivity contribution in [2.45, 2.75) is 136 Å². The van der Waals surface area contributed by atoms with Crippen molar-refractivity contribution >= 4 is 0 Å². The molecule has 0 aliphatic carbocycles. The van der Waals surface area contributed by atoms with Gasteiger partial charge < -0.3 is 14.6 Å². The molecule has 0 radical (unpaired) electrons. The molecule has 0 spiro atoms. The Labute approximate surface area is 197 Å². The highest BCUT2D eigenvalue weighted by Crippen LogP contribution is 2.33. The first-order valence-electron chi connectivity index (χ1n) is 13.1. The molecule has 0 saturated heterocycles. The highest BCUT2D eigenvalue weighted by molar-refractivity contribution is 5.16. The van der Waals surface area contributed by atoms with Gasteiger partial charge in [0.05, 0.1) is 12.2 Å². The van der Waals surface area contributed by atoms with E-state index in [1.54, 1.807) is 12.1 Å². The molecule has 1 atom stereocenters. The molecule has 0 aliphatic rings. The molecule has 1 N–H and O–H groups in total. The van der Waals surface area contributed by atoms with E-state index in [0.29, 0.717) is 0 Å². The number of benzene rings is 1. The second-order valence-corrected chi connectivity index (χ2v) is 9.80. The van der Waals surface area contributed by atoms with Crippen molar-refractivity contribution < 1.29 is 19.0 Å². The van der Waals surface area contributed by atoms with Crippen LogP contribution in [-0.4, -0.2) is 23.3 Å². The third kappa shape index (κ3) is 12.9. The molecule has 0 heterocycles. The molecular weight excluding hydrogens is 403 g/mol. The van der Waals surface area contributed by atoms with Crippen LogP contribution in [0.2, 0.25) is 0 Å². The van der Waals surface area contributed by atoms with E-state index in [1.165, 1.54) is 38.2 Å². The van der Waals surface area contributed by atoms with Gasteiger partial charge in [-0.05, 0) is 71.1 Å². The van der Waals surface area contributed by atoms with Crippen LogP contribution >= 0.6 is 0 Å². The van der Waals surface area contributed by atoms with Crippen molar-refractivity contribution in [3.63, 3.8) is 0 Å². The molecule has 1 unspecified atom stereocenters. The second-order valence-electron chi connectivity index (χ2n) is 9.80. The second kappa shape index (κ2) is 16.6. The summed E-state index contributed by atoms with van der Waals surface area (Å²) in [5, 5.41) is 11.4. The summed E-state index contributed by atoms with van der Waals surface area (Å²) in [5.74, 6) is -1.70. The SMILES string of the molecule is CCCCCCCCC(CCCCCCc1cccc(F)c1)C(O)(OC(C)C)OC(C)C. The Hall–Kier alpha value is -0.970. The lowest BCUT2D eigenvalue weighted by Gasteiger charge is -2.38. The lowest BCUT2D eigenvalue weighted by Crippen LogP contribution is -2.47. The number of ether oxygens (including phenoxy) is 2. The van der Waals surface area contributed by atoms with Gasteiger partial charge in [0.15, 0.2) is 0 Å². The Balaban J connectivity index is 2.54. The number of rotatable bonds is 19. The average Bonchev–Trinajstić information content (AvgIpc) is 2.70. The minimum Gasteiger partial charge on any atom is -0.343 e. The maximum absolute atomic E-state index is 13.3. The molecule has 1 aromatic rings. The van der Waals surface area contributed by atoms with Crippen molar-refractivity contribution in [3.8, 4) is 0 Å². The van der Waals surface area contributed by atoms with Gasteiger partial charge in [-0.2, -0.15) is 0 Å². The molecule has 0 bridgehead atoms. The number of aliphatic hydroxyl groups is 1. The molecule has 0 saturated carbocycles. The van der Waals surface area contributed by atoms with E-state index in [0.717, 1.165) is 56.9 Å². The minimum atomic E-state index is -1.52. The van der Waals surface area contributed by atoms with Crippen molar-refractivity contribution in [2.75, 3.05) is 0 Å². The maximum atomic E-state index is 13.3. The van der Waals surface area contributed by atoms with Crippen molar-refractivity contribution in [1.29, 1.82) is 0 Å². The van der Waals surface area contributed by atoms with E-state index in [4.69, 9.17) is 9.47 Å². The zero-order valence-corrected chi connectivity index (χ0v) is 21.4. The van der Waals surface area contributed by atoms with Gasteiger partial charge in [-0.15, -0.1) is 0 Å². The molecule has 0 aliphatic heterocycles. The lowest BCUT2D eigenvalue weighted by molar-refractivity contribution is -0.407. The predicted octanol–water partition coefficient (Wildman–Crippen LogP) is 8.18. The number of hydrogen-bond acceptors (Lipinski definition) is 3. The van der Waals surface area contributed by atoms with Crippen LogP contribution in [0.25, 0.3) is 0 Å². The van der Waals surface area contributed by atoms with Crippen LogP contribution < -0.4 is 0 Å². The Bertz CT molecular complexity index is 578. The molecule has 0 aromatic heterocycles. The predicted molar refractivity (Wildman–Crippen MR) is 132 cm³/mol. The third-order valence-corrected chi connectivity index (χ3v) is 5.89. The molecular formula is C28H49FO3. The minimum absolute atomic E-state index is 0.0262. The van der Waals surface area contributed by atoms with E-state index in [1.807, 2.05) is 33.8 Å². The Kier molecular flexibility index (Phi) is 15.1. The molecule has 1 aromatic carbocycles. The zero-order valence-electron chi connectivity index (χ0n) is 21.4. The van der Waals surface area contributed by atoms with E-state index < -0.39 is 5.97 Å².